The number of sulfonamides is 1. The van der Waals surface area contributed by atoms with E-state index in [2.05, 4.69) is 19.8 Å². The molecular weight excluding hydrogens is 440 g/mol. The SMILES string of the molecule is CC(OC(=O)CNS(=O)(=O)c1ccc2c(c1)OCCCO2)c1nc(-c2cccnc2)no1. The van der Waals surface area contributed by atoms with E-state index in [1.54, 1.807) is 24.5 Å². The number of carbonyl (C=O) groups excluding carboxylic acids is 1. The highest BCUT2D eigenvalue weighted by atomic mass is 32.2. The van der Waals surface area contributed by atoms with E-state index in [1.165, 1.54) is 25.1 Å². The highest BCUT2D eigenvalue weighted by Crippen LogP contribution is 2.31. The average molecular weight is 460 g/mol. The summed E-state index contributed by atoms with van der Waals surface area (Å²) in [4.78, 5) is 20.3. The molecule has 1 aromatic carbocycles. The van der Waals surface area contributed by atoms with Crippen molar-refractivity contribution in [1.29, 1.82) is 0 Å². The van der Waals surface area contributed by atoms with Gasteiger partial charge in [0.1, 0.15) is 6.54 Å². The molecule has 0 spiro atoms. The summed E-state index contributed by atoms with van der Waals surface area (Å²) in [7, 11) is -3.98. The van der Waals surface area contributed by atoms with Crippen molar-refractivity contribution in [2.75, 3.05) is 19.8 Å². The summed E-state index contributed by atoms with van der Waals surface area (Å²) in [5, 5.41) is 3.83. The van der Waals surface area contributed by atoms with Crippen molar-refractivity contribution in [3.8, 4) is 22.9 Å². The fourth-order valence-corrected chi connectivity index (χ4v) is 3.83. The Kier molecular flexibility index (Phi) is 6.32. The average Bonchev–Trinajstić information content (AvgIpc) is 3.18. The maximum absolute atomic E-state index is 12.6. The van der Waals surface area contributed by atoms with E-state index < -0.39 is 28.6 Å². The van der Waals surface area contributed by atoms with Gasteiger partial charge in [0.05, 0.1) is 18.1 Å². The van der Waals surface area contributed by atoms with Crippen LogP contribution in [-0.4, -0.2) is 49.3 Å². The molecule has 1 atom stereocenters. The second-order valence-corrected chi connectivity index (χ2v) is 8.58. The standard InChI is InChI=1S/C20H20N4O7S/c1-13(20-23-19(24-31-20)14-4-2-7-21-11-14)30-18(25)12-22-32(26,27)15-5-6-16-17(10-15)29-9-3-8-28-16/h2,4-7,10-11,13,22H,3,8-9,12H2,1H3. The normalized spacial score (nSPS) is 14.4. The van der Waals surface area contributed by atoms with Gasteiger partial charge in [0, 0.05) is 30.4 Å². The minimum absolute atomic E-state index is 0.0550. The quantitative estimate of drug-likeness (QED) is 0.519. The van der Waals surface area contributed by atoms with Crippen LogP contribution in [0.3, 0.4) is 0 Å². The number of hydrogen-bond acceptors (Lipinski definition) is 10. The highest BCUT2D eigenvalue weighted by molar-refractivity contribution is 7.89. The molecular formula is C20H20N4O7S. The van der Waals surface area contributed by atoms with Crippen molar-refractivity contribution < 1.29 is 31.9 Å². The summed E-state index contributed by atoms with van der Waals surface area (Å²) in [5.74, 6) is 0.368. The first kappa shape index (κ1) is 21.7. The summed E-state index contributed by atoms with van der Waals surface area (Å²) in [6, 6.07) is 7.74. The Hall–Kier alpha value is -3.51. The molecule has 168 valence electrons. The molecule has 0 amide bonds. The topological polar surface area (TPSA) is 143 Å². The van der Waals surface area contributed by atoms with E-state index in [0.29, 0.717) is 42.5 Å². The summed E-state index contributed by atoms with van der Waals surface area (Å²) < 4.78 is 48.7. The van der Waals surface area contributed by atoms with Gasteiger partial charge in [-0.25, -0.2) is 8.42 Å². The van der Waals surface area contributed by atoms with Gasteiger partial charge in [-0.05, 0) is 31.2 Å². The highest BCUT2D eigenvalue weighted by Gasteiger charge is 2.23. The Morgan fingerprint density at radius 3 is 2.81 bits per heavy atom. The molecule has 3 heterocycles. The smallest absolute Gasteiger partial charge is 0.321 e. The molecule has 32 heavy (non-hydrogen) atoms. The number of nitrogens with one attached hydrogen (secondary N) is 1. The molecule has 3 aromatic rings. The Morgan fingerprint density at radius 1 is 1.22 bits per heavy atom. The third-order valence-electron chi connectivity index (χ3n) is 4.45. The van der Waals surface area contributed by atoms with Crippen LogP contribution in [0, 0.1) is 0 Å². The molecule has 0 saturated heterocycles. The van der Waals surface area contributed by atoms with Crippen LogP contribution >= 0.6 is 0 Å². The molecule has 0 fully saturated rings. The summed E-state index contributed by atoms with van der Waals surface area (Å²) in [6.07, 6.45) is 3.01. The molecule has 0 aliphatic carbocycles. The maximum Gasteiger partial charge on any atom is 0.321 e. The van der Waals surface area contributed by atoms with Gasteiger partial charge >= 0.3 is 5.97 Å². The number of nitrogens with zero attached hydrogens (tertiary/aromatic N) is 3. The molecule has 4 rings (SSSR count). The van der Waals surface area contributed by atoms with Crippen molar-refractivity contribution in [2.45, 2.75) is 24.3 Å². The fraction of sp³-hybridized carbons (Fsp3) is 0.300. The van der Waals surface area contributed by atoms with Crippen molar-refractivity contribution in [2.24, 2.45) is 0 Å². The molecule has 12 heteroatoms. The number of hydrogen-bond donors (Lipinski definition) is 1. The molecule has 0 bridgehead atoms. The van der Waals surface area contributed by atoms with Gasteiger partial charge < -0.3 is 18.7 Å². The third-order valence-corrected chi connectivity index (χ3v) is 5.85. The van der Waals surface area contributed by atoms with Crippen molar-refractivity contribution in [3.05, 3.63) is 48.6 Å². The van der Waals surface area contributed by atoms with E-state index >= 15 is 0 Å². The van der Waals surface area contributed by atoms with Crippen molar-refractivity contribution in [3.63, 3.8) is 0 Å². The van der Waals surface area contributed by atoms with Crippen LogP contribution in [-0.2, 0) is 19.6 Å². The van der Waals surface area contributed by atoms with Gasteiger partial charge in [-0.2, -0.15) is 9.71 Å². The zero-order valence-electron chi connectivity index (χ0n) is 17.1. The number of esters is 1. The van der Waals surface area contributed by atoms with Crippen LogP contribution in [0.15, 0.2) is 52.1 Å². The lowest BCUT2D eigenvalue weighted by Crippen LogP contribution is -2.31. The maximum atomic E-state index is 12.6. The third kappa shape index (κ3) is 5.03. The minimum Gasteiger partial charge on any atom is -0.490 e. The minimum atomic E-state index is -3.98. The summed E-state index contributed by atoms with van der Waals surface area (Å²) >= 11 is 0. The number of pyridine rings is 1. The van der Waals surface area contributed by atoms with Crippen LogP contribution in [0.2, 0.25) is 0 Å². The van der Waals surface area contributed by atoms with E-state index in [0.717, 1.165) is 0 Å². The number of rotatable bonds is 7. The van der Waals surface area contributed by atoms with E-state index in [1.807, 2.05) is 0 Å². The molecule has 1 aliphatic rings. The zero-order valence-corrected chi connectivity index (χ0v) is 17.9. The molecule has 0 radical (unpaired) electrons. The number of ether oxygens (including phenoxy) is 3. The zero-order chi connectivity index (χ0) is 22.6. The number of benzene rings is 1. The van der Waals surface area contributed by atoms with Gasteiger partial charge in [0.15, 0.2) is 17.6 Å². The van der Waals surface area contributed by atoms with Crippen molar-refractivity contribution >= 4 is 16.0 Å². The number of fused-ring (bicyclic) bond motifs is 1. The van der Waals surface area contributed by atoms with E-state index in [-0.39, 0.29) is 10.8 Å². The number of aromatic nitrogens is 3. The van der Waals surface area contributed by atoms with Gasteiger partial charge in [-0.1, -0.05) is 5.16 Å². The lowest BCUT2D eigenvalue weighted by atomic mass is 10.3. The predicted octanol–water partition coefficient (Wildman–Crippen LogP) is 1.88. The first-order chi connectivity index (χ1) is 15.4. The Balaban J connectivity index is 1.35. The lowest BCUT2D eigenvalue weighted by Gasteiger charge is -2.12. The van der Waals surface area contributed by atoms with Gasteiger partial charge in [-0.15, -0.1) is 0 Å². The van der Waals surface area contributed by atoms with Gasteiger partial charge in [0.25, 0.3) is 5.89 Å². The van der Waals surface area contributed by atoms with Crippen LogP contribution in [0.1, 0.15) is 25.3 Å². The molecule has 1 N–H and O–H groups in total. The summed E-state index contributed by atoms with van der Waals surface area (Å²) in [6.45, 7) is 1.87. The molecule has 2 aromatic heterocycles. The van der Waals surface area contributed by atoms with Gasteiger partial charge in [-0.3, -0.25) is 9.78 Å². The Labute approximate surface area is 183 Å². The number of carbonyl (C=O) groups is 1. The Bertz CT molecular complexity index is 1200. The lowest BCUT2D eigenvalue weighted by molar-refractivity contribution is -0.148. The van der Waals surface area contributed by atoms with Crippen LogP contribution in [0.25, 0.3) is 11.4 Å². The van der Waals surface area contributed by atoms with E-state index in [4.69, 9.17) is 18.7 Å². The largest absolute Gasteiger partial charge is 0.490 e. The molecule has 11 nitrogen and oxygen atoms in total. The molecule has 1 unspecified atom stereocenters. The van der Waals surface area contributed by atoms with Gasteiger partial charge in [0.2, 0.25) is 15.8 Å². The van der Waals surface area contributed by atoms with Crippen molar-refractivity contribution in [1.82, 2.24) is 19.8 Å². The second kappa shape index (κ2) is 9.32. The molecule has 0 saturated carbocycles. The van der Waals surface area contributed by atoms with Crippen LogP contribution in [0.4, 0.5) is 0 Å². The first-order valence-corrected chi connectivity index (χ1v) is 11.2. The summed E-state index contributed by atoms with van der Waals surface area (Å²) in [5.41, 5.74) is 0.643. The second-order valence-electron chi connectivity index (χ2n) is 6.81. The first-order valence-electron chi connectivity index (χ1n) is 9.75. The molecule has 1 aliphatic heterocycles. The fourth-order valence-electron chi connectivity index (χ4n) is 2.85. The Morgan fingerprint density at radius 2 is 2.03 bits per heavy atom. The van der Waals surface area contributed by atoms with Crippen LogP contribution in [0.5, 0.6) is 11.5 Å². The van der Waals surface area contributed by atoms with Crippen LogP contribution < -0.4 is 14.2 Å². The monoisotopic (exact) mass is 460 g/mol. The van der Waals surface area contributed by atoms with E-state index in [9.17, 15) is 13.2 Å². The predicted molar refractivity (Wildman–Crippen MR) is 109 cm³/mol.